The van der Waals surface area contributed by atoms with Crippen LogP contribution in [0.2, 0.25) is 5.02 Å². The van der Waals surface area contributed by atoms with Crippen LogP contribution >= 0.6 is 38.6 Å². The Morgan fingerprint density at radius 1 is 1.07 bits per heavy atom. The third kappa shape index (κ3) is 6.86. The van der Waals surface area contributed by atoms with Crippen LogP contribution in [0.5, 0.6) is 5.75 Å². The highest BCUT2D eigenvalue weighted by molar-refractivity contribution is 7.59. The lowest BCUT2D eigenvalue weighted by atomic mass is 9.96. The second-order valence-electron chi connectivity index (χ2n) is 10.4. The molecule has 6 rings (SSSR count). The van der Waals surface area contributed by atoms with Crippen molar-refractivity contribution in [2.75, 3.05) is 19.7 Å². The largest absolute Gasteiger partial charge is 0.486 e. The van der Waals surface area contributed by atoms with Crippen molar-refractivity contribution < 1.29 is 28.2 Å². The minimum absolute atomic E-state index is 0. The number of aromatic nitrogens is 2. The summed E-state index contributed by atoms with van der Waals surface area (Å²) in [5.41, 5.74) is 3.14. The fourth-order valence-corrected chi connectivity index (χ4v) is 5.58. The van der Waals surface area contributed by atoms with E-state index in [4.69, 9.17) is 26.1 Å². The number of rotatable bonds is 9. The van der Waals surface area contributed by atoms with E-state index in [9.17, 15) is 18.7 Å². The highest BCUT2D eigenvalue weighted by atomic mass is 35.5. The molecule has 7 nitrogen and oxygen atoms in total. The van der Waals surface area contributed by atoms with Gasteiger partial charge in [0.2, 0.25) is 0 Å². The van der Waals surface area contributed by atoms with Crippen LogP contribution in [0.4, 0.5) is 8.78 Å². The van der Waals surface area contributed by atoms with Crippen molar-refractivity contribution in [2.24, 2.45) is 0 Å². The van der Waals surface area contributed by atoms with Crippen molar-refractivity contribution in [3.63, 3.8) is 0 Å². The predicted molar refractivity (Wildman–Crippen MR) is 167 cm³/mol. The molecule has 0 bridgehead atoms. The predicted octanol–water partition coefficient (Wildman–Crippen LogP) is 6.25. The normalized spacial score (nSPS) is 18.3. The first-order valence-corrected chi connectivity index (χ1v) is 13.6. The third-order valence-electron chi connectivity index (χ3n) is 7.71. The summed E-state index contributed by atoms with van der Waals surface area (Å²) in [6.07, 6.45) is 1.95. The van der Waals surface area contributed by atoms with Crippen LogP contribution < -0.4 is 4.74 Å². The zero-order valence-corrected chi connectivity index (χ0v) is 25.4. The summed E-state index contributed by atoms with van der Waals surface area (Å²) in [7, 11) is 0. The van der Waals surface area contributed by atoms with Crippen molar-refractivity contribution in [1.82, 2.24) is 14.5 Å². The van der Waals surface area contributed by atoms with Gasteiger partial charge in [0.05, 0.1) is 35.8 Å². The minimum Gasteiger partial charge on any atom is -0.486 e. The van der Waals surface area contributed by atoms with E-state index in [0.717, 1.165) is 61.0 Å². The minimum atomic E-state index is -0.971. The quantitative estimate of drug-likeness (QED) is 0.234. The van der Waals surface area contributed by atoms with Crippen LogP contribution in [0.3, 0.4) is 0 Å². The van der Waals surface area contributed by atoms with E-state index in [0.29, 0.717) is 18.7 Å². The lowest BCUT2D eigenvalue weighted by molar-refractivity contribution is -0.0591. The fourth-order valence-electron chi connectivity index (χ4n) is 5.42. The number of carboxylic acid groups (broad SMARTS) is 1. The van der Waals surface area contributed by atoms with Gasteiger partial charge in [-0.2, -0.15) is 27.0 Å². The van der Waals surface area contributed by atoms with E-state index in [-0.39, 0.29) is 62.0 Å². The molecular weight excluding hydrogens is 604 g/mol. The molecule has 0 spiro atoms. The second kappa shape index (κ2) is 13.6. The number of fused-ring (bicyclic) bond motifs is 1. The Kier molecular flexibility index (Phi) is 10.4. The third-order valence-corrected chi connectivity index (χ3v) is 7.94. The van der Waals surface area contributed by atoms with Crippen molar-refractivity contribution in [3.8, 4) is 5.75 Å². The van der Waals surface area contributed by atoms with Gasteiger partial charge in [-0.05, 0) is 79.4 Å². The first-order chi connectivity index (χ1) is 19.3. The van der Waals surface area contributed by atoms with Crippen molar-refractivity contribution in [3.05, 3.63) is 93.8 Å². The number of benzene rings is 3. The molecule has 1 aromatic heterocycles. The Labute approximate surface area is 261 Å². The van der Waals surface area contributed by atoms with Gasteiger partial charge in [-0.15, -0.1) is 0 Å². The van der Waals surface area contributed by atoms with E-state index in [1.807, 2.05) is 0 Å². The summed E-state index contributed by atoms with van der Waals surface area (Å²) in [6.45, 7) is 3.48. The number of likely N-dealkylation sites (tertiary alicyclic amines) is 1. The summed E-state index contributed by atoms with van der Waals surface area (Å²) in [4.78, 5) is 18.7. The average Bonchev–Trinajstić information content (AvgIpc) is 3.50. The first kappa shape index (κ1) is 32.1. The molecule has 4 aromatic rings. The van der Waals surface area contributed by atoms with Crippen LogP contribution in [0.1, 0.15) is 46.1 Å². The number of carboxylic acids is 1. The number of halogens is 3. The monoisotopic (exact) mass is 635 g/mol. The number of carbonyl (C=O) groups is 1. The van der Waals surface area contributed by atoms with Gasteiger partial charge >= 0.3 is 5.97 Å². The van der Waals surface area contributed by atoms with E-state index in [1.54, 1.807) is 30.3 Å². The topological polar surface area (TPSA) is 76.8 Å². The maximum absolute atomic E-state index is 14.6. The second-order valence-corrected chi connectivity index (χ2v) is 10.8. The Bertz CT molecular complexity index is 1580. The summed E-state index contributed by atoms with van der Waals surface area (Å²) in [5, 5.41) is 9.75. The molecule has 0 radical (unpaired) electrons. The van der Waals surface area contributed by atoms with Crippen LogP contribution in [-0.2, 0) is 24.4 Å². The highest BCUT2D eigenvalue weighted by Gasteiger charge is 2.28. The van der Waals surface area contributed by atoms with Crippen molar-refractivity contribution >= 4 is 55.6 Å². The molecule has 3 heterocycles. The molecule has 3 aromatic carbocycles. The number of hydrogen-bond acceptors (Lipinski definition) is 5. The SMILES string of the molecule is O=C(O)c1ccc2nc(CN3CC[C@@H](c4ccc(F)c(COc5ccc(Cl)cc5F)c4)C3)n(C[C@@H]3CCO3)c2c1.S.S. The molecule has 0 amide bonds. The van der Waals surface area contributed by atoms with Gasteiger partial charge in [0.15, 0.2) is 11.6 Å². The maximum Gasteiger partial charge on any atom is 0.335 e. The molecule has 0 saturated carbocycles. The van der Waals surface area contributed by atoms with Gasteiger partial charge in [0, 0.05) is 23.7 Å². The van der Waals surface area contributed by atoms with Gasteiger partial charge in [0.1, 0.15) is 18.2 Å². The van der Waals surface area contributed by atoms with Gasteiger partial charge in [-0.1, -0.05) is 17.7 Å². The molecule has 2 fully saturated rings. The molecule has 2 saturated heterocycles. The summed E-state index contributed by atoms with van der Waals surface area (Å²) < 4.78 is 42.0. The van der Waals surface area contributed by atoms with Crippen LogP contribution in [0, 0.1) is 11.6 Å². The Morgan fingerprint density at radius 2 is 1.88 bits per heavy atom. The van der Waals surface area contributed by atoms with Crippen LogP contribution in [0.25, 0.3) is 11.0 Å². The molecule has 2 aliphatic heterocycles. The van der Waals surface area contributed by atoms with Gasteiger partial charge in [-0.25, -0.2) is 18.6 Å². The van der Waals surface area contributed by atoms with E-state index >= 15 is 0 Å². The summed E-state index contributed by atoms with van der Waals surface area (Å²) >= 11 is 5.80. The lowest BCUT2D eigenvalue weighted by Gasteiger charge is -2.28. The zero-order valence-electron chi connectivity index (χ0n) is 22.7. The molecule has 0 aliphatic carbocycles. The smallest absolute Gasteiger partial charge is 0.335 e. The van der Waals surface area contributed by atoms with Crippen LogP contribution in [0.15, 0.2) is 54.6 Å². The van der Waals surface area contributed by atoms with E-state index in [2.05, 4.69) is 9.47 Å². The summed E-state index contributed by atoms with van der Waals surface area (Å²) in [6, 6.07) is 14.2. The molecular formula is C30H32ClF2N3O4S2. The fraction of sp³-hybridized carbons (Fsp3) is 0.333. The van der Waals surface area contributed by atoms with Gasteiger partial charge < -0.3 is 19.1 Å². The number of imidazole rings is 1. The van der Waals surface area contributed by atoms with E-state index in [1.165, 1.54) is 18.2 Å². The number of ether oxygens (including phenoxy) is 2. The number of nitrogens with zero attached hydrogens (tertiary/aromatic N) is 3. The molecule has 0 unspecified atom stereocenters. The first-order valence-electron chi connectivity index (χ1n) is 13.3. The molecule has 2 aliphatic rings. The highest BCUT2D eigenvalue weighted by Crippen LogP contribution is 2.31. The summed E-state index contributed by atoms with van der Waals surface area (Å²) in [5.74, 6) is -0.886. The Hall–Kier alpha value is -2.83. The Morgan fingerprint density at radius 3 is 2.60 bits per heavy atom. The zero-order chi connectivity index (χ0) is 27.8. The number of hydrogen-bond donors (Lipinski definition) is 1. The number of aromatic carboxylic acids is 1. The molecule has 42 heavy (non-hydrogen) atoms. The van der Waals surface area contributed by atoms with Gasteiger partial charge in [-0.3, -0.25) is 4.90 Å². The molecule has 2 atom stereocenters. The van der Waals surface area contributed by atoms with Crippen molar-refractivity contribution in [1.29, 1.82) is 0 Å². The lowest BCUT2D eigenvalue weighted by Crippen LogP contribution is -2.32. The molecule has 224 valence electrons. The standard InChI is InChI=1S/C30H28ClF2N3O4.2H2S/c31-22-3-6-28(25(33)13-22)40-17-21-11-18(1-4-24(21)32)20-7-9-35(14-20)16-29-34-26-5-2-19(30(37)38)12-27(26)36(29)15-23-8-10-39-23;;/h1-6,11-13,20,23H,7-10,14-17H2,(H,37,38);2*1H2/t20-,23+;;/m1../s1. The van der Waals surface area contributed by atoms with Gasteiger partial charge in [0.25, 0.3) is 0 Å². The Balaban J connectivity index is 0.00000202. The van der Waals surface area contributed by atoms with Crippen molar-refractivity contribution in [2.45, 2.75) is 44.6 Å². The molecule has 12 heteroatoms. The average molecular weight is 636 g/mol. The van der Waals surface area contributed by atoms with E-state index < -0.39 is 17.6 Å². The maximum atomic E-state index is 14.6. The molecule has 1 N–H and O–H groups in total. The van der Waals surface area contributed by atoms with Crippen LogP contribution in [-0.4, -0.2) is 51.3 Å².